The highest BCUT2D eigenvalue weighted by molar-refractivity contribution is 14.1. The van der Waals surface area contributed by atoms with E-state index in [0.717, 1.165) is 74.9 Å². The van der Waals surface area contributed by atoms with Crippen molar-refractivity contribution in [3.63, 3.8) is 0 Å². The summed E-state index contributed by atoms with van der Waals surface area (Å²) < 4.78 is 0.947. The van der Waals surface area contributed by atoms with Crippen molar-refractivity contribution < 1.29 is 5.11 Å². The van der Waals surface area contributed by atoms with Crippen LogP contribution in [0.3, 0.4) is 0 Å². The molecule has 6 atom stereocenters. The number of rotatable bonds is 21. The minimum atomic E-state index is -0.0867. The smallest absolute Gasteiger partial charge is 0.0568 e. The first kappa shape index (κ1) is 44.4. The molecule has 0 amide bonds. The summed E-state index contributed by atoms with van der Waals surface area (Å²) in [4.78, 5) is 0. The minimum absolute atomic E-state index is 0.0867. The summed E-state index contributed by atoms with van der Waals surface area (Å²) in [6.07, 6.45) is 35.8. The Balaban J connectivity index is 1.18. The molecule has 6 unspecified atom stereocenters. The van der Waals surface area contributed by atoms with Crippen LogP contribution in [0.2, 0.25) is 0 Å². The predicted octanol–water partition coefficient (Wildman–Crippen LogP) is 15.9. The van der Waals surface area contributed by atoms with Gasteiger partial charge in [0.05, 0.1) is 6.10 Å². The third kappa shape index (κ3) is 16.0. The molecule has 0 heterocycles. The lowest BCUT2D eigenvalue weighted by Crippen LogP contribution is -2.27. The van der Waals surface area contributed by atoms with E-state index in [9.17, 15) is 5.11 Å². The van der Waals surface area contributed by atoms with E-state index in [-0.39, 0.29) is 6.10 Å². The molecule has 0 spiro atoms. The summed E-state index contributed by atoms with van der Waals surface area (Å²) in [6, 6.07) is 0. The quantitative estimate of drug-likeness (QED) is 0.0903. The lowest BCUT2D eigenvalue weighted by Gasteiger charge is -2.37. The standard InChI is InChI=1S/C49H91IO/c1-35(2)44(20-12-39(6)47(51)33-42-13-10-36(3)11-14-42)21-19-40-15-17-41(18-16-40)31-38(5)32-43(30-37(4)26-27-48(7,8)9)34-49(28-29-49)45-22-24-46(50)25-23-45/h35-47,51H,10-34H2,1-9H3. The molecule has 1 N–H and O–H groups in total. The van der Waals surface area contributed by atoms with Crippen LogP contribution in [0.1, 0.15) is 223 Å². The van der Waals surface area contributed by atoms with Gasteiger partial charge in [-0.25, -0.2) is 0 Å². The van der Waals surface area contributed by atoms with E-state index < -0.39 is 0 Å². The average Bonchev–Trinajstić information content (AvgIpc) is 3.85. The average molecular weight is 823 g/mol. The van der Waals surface area contributed by atoms with E-state index in [1.54, 1.807) is 19.3 Å². The summed E-state index contributed by atoms with van der Waals surface area (Å²) >= 11 is 2.73. The fourth-order valence-electron chi connectivity index (χ4n) is 11.9. The summed E-state index contributed by atoms with van der Waals surface area (Å²) in [5.74, 6) is 9.48. The van der Waals surface area contributed by atoms with E-state index in [4.69, 9.17) is 0 Å². The second kappa shape index (κ2) is 21.3. The molecule has 51 heavy (non-hydrogen) atoms. The zero-order chi connectivity index (χ0) is 37.2. The highest BCUT2D eigenvalue weighted by atomic mass is 127. The van der Waals surface area contributed by atoms with Crippen LogP contribution in [0.25, 0.3) is 0 Å². The SMILES string of the molecule is CC1CCC(CC(O)C(C)CCC(CCC2CCC(CC(C)CC(CC(C)CCC(C)(C)C)CC3(C4CCC(I)CC4)CC3)CC2)C(C)C)CC1. The van der Waals surface area contributed by atoms with Gasteiger partial charge in [0.15, 0.2) is 0 Å². The van der Waals surface area contributed by atoms with Crippen LogP contribution in [0, 0.1) is 75.9 Å². The Bertz CT molecular complexity index is 922. The third-order valence-electron chi connectivity index (χ3n) is 15.9. The molecule has 1 nitrogen and oxygen atoms in total. The normalized spacial score (nSPS) is 32.2. The first-order valence-corrected chi connectivity index (χ1v) is 24.7. The van der Waals surface area contributed by atoms with Gasteiger partial charge in [0.1, 0.15) is 0 Å². The van der Waals surface area contributed by atoms with Gasteiger partial charge in [-0.2, -0.15) is 0 Å². The third-order valence-corrected chi connectivity index (χ3v) is 17.2. The molecule has 0 saturated heterocycles. The molecule has 0 aliphatic heterocycles. The van der Waals surface area contributed by atoms with Gasteiger partial charge in [0, 0.05) is 3.92 Å². The Kier molecular flexibility index (Phi) is 18.5. The van der Waals surface area contributed by atoms with Gasteiger partial charge in [0.2, 0.25) is 0 Å². The van der Waals surface area contributed by atoms with E-state index in [1.807, 2.05) is 0 Å². The van der Waals surface area contributed by atoms with Crippen LogP contribution in [0.4, 0.5) is 0 Å². The number of hydrogen-bond donors (Lipinski definition) is 1. The molecule has 4 rings (SSSR count). The molecule has 4 aliphatic carbocycles. The van der Waals surface area contributed by atoms with Crippen LogP contribution in [-0.2, 0) is 0 Å². The number of hydrogen-bond acceptors (Lipinski definition) is 1. The maximum absolute atomic E-state index is 11.1. The molecular formula is C49H91IO. The monoisotopic (exact) mass is 823 g/mol. The van der Waals surface area contributed by atoms with Crippen molar-refractivity contribution in [1.82, 2.24) is 0 Å². The molecule has 4 aliphatic rings. The van der Waals surface area contributed by atoms with Gasteiger partial charge in [-0.15, -0.1) is 0 Å². The maximum Gasteiger partial charge on any atom is 0.0568 e. The molecule has 4 fully saturated rings. The fourth-order valence-corrected chi connectivity index (χ4v) is 12.6. The first-order valence-electron chi connectivity index (χ1n) is 23.4. The number of aliphatic hydroxyl groups excluding tert-OH is 1. The first-order chi connectivity index (χ1) is 24.1. The molecule has 0 aromatic rings. The molecular weight excluding hydrogens is 731 g/mol. The van der Waals surface area contributed by atoms with Gasteiger partial charge in [0.25, 0.3) is 0 Å². The van der Waals surface area contributed by atoms with Crippen molar-refractivity contribution in [2.45, 2.75) is 233 Å². The number of aliphatic hydroxyl groups is 1. The number of alkyl halides is 1. The summed E-state index contributed by atoms with van der Waals surface area (Å²) in [6.45, 7) is 22.2. The van der Waals surface area contributed by atoms with Crippen molar-refractivity contribution in [2.24, 2.45) is 75.9 Å². The maximum atomic E-state index is 11.1. The zero-order valence-corrected chi connectivity index (χ0v) is 38.2. The Morgan fingerprint density at radius 1 is 0.667 bits per heavy atom. The van der Waals surface area contributed by atoms with Crippen molar-refractivity contribution in [1.29, 1.82) is 0 Å². The van der Waals surface area contributed by atoms with Crippen molar-refractivity contribution in [3.05, 3.63) is 0 Å². The van der Waals surface area contributed by atoms with Crippen LogP contribution in [-0.4, -0.2) is 15.1 Å². The summed E-state index contributed by atoms with van der Waals surface area (Å²) in [5, 5.41) is 11.1. The van der Waals surface area contributed by atoms with Gasteiger partial charge in [-0.05, 0) is 172 Å². The van der Waals surface area contributed by atoms with Crippen molar-refractivity contribution >= 4 is 22.6 Å². The van der Waals surface area contributed by atoms with Gasteiger partial charge < -0.3 is 5.11 Å². The molecule has 0 aromatic heterocycles. The Labute approximate surface area is 334 Å². The molecule has 300 valence electrons. The summed E-state index contributed by atoms with van der Waals surface area (Å²) in [7, 11) is 0. The minimum Gasteiger partial charge on any atom is -0.393 e. The number of halogens is 1. The Morgan fingerprint density at radius 3 is 1.82 bits per heavy atom. The second-order valence-electron chi connectivity index (χ2n) is 22.3. The molecule has 4 saturated carbocycles. The van der Waals surface area contributed by atoms with Crippen LogP contribution < -0.4 is 0 Å². The lowest BCUT2D eigenvalue weighted by molar-refractivity contribution is 0.0695. The van der Waals surface area contributed by atoms with Crippen molar-refractivity contribution in [3.8, 4) is 0 Å². The van der Waals surface area contributed by atoms with Gasteiger partial charge in [-0.3, -0.25) is 0 Å². The fraction of sp³-hybridized carbons (Fsp3) is 1.00. The van der Waals surface area contributed by atoms with E-state index in [2.05, 4.69) is 84.9 Å². The van der Waals surface area contributed by atoms with E-state index in [0.29, 0.717) is 11.3 Å². The summed E-state index contributed by atoms with van der Waals surface area (Å²) in [5.41, 5.74) is 1.21. The van der Waals surface area contributed by atoms with Crippen molar-refractivity contribution in [2.75, 3.05) is 0 Å². The molecule has 2 heteroatoms. The largest absolute Gasteiger partial charge is 0.393 e. The second-order valence-corrected chi connectivity index (χ2v) is 24.1. The Morgan fingerprint density at radius 2 is 1.24 bits per heavy atom. The zero-order valence-electron chi connectivity index (χ0n) is 36.0. The van der Waals surface area contributed by atoms with Gasteiger partial charge in [-0.1, -0.05) is 149 Å². The highest BCUT2D eigenvalue weighted by Gasteiger charge is 2.50. The molecule has 0 bridgehead atoms. The van der Waals surface area contributed by atoms with E-state index in [1.165, 1.54) is 135 Å². The van der Waals surface area contributed by atoms with Crippen LogP contribution in [0.15, 0.2) is 0 Å². The van der Waals surface area contributed by atoms with Gasteiger partial charge >= 0.3 is 0 Å². The molecule has 0 radical (unpaired) electrons. The van der Waals surface area contributed by atoms with Crippen LogP contribution >= 0.6 is 22.6 Å². The topological polar surface area (TPSA) is 20.2 Å². The predicted molar refractivity (Wildman–Crippen MR) is 234 cm³/mol. The van der Waals surface area contributed by atoms with Crippen LogP contribution in [0.5, 0.6) is 0 Å². The molecule has 0 aromatic carbocycles. The highest BCUT2D eigenvalue weighted by Crippen LogP contribution is 2.61. The Hall–Kier alpha value is 0.690. The lowest BCUT2D eigenvalue weighted by atomic mass is 9.69. The van der Waals surface area contributed by atoms with E-state index >= 15 is 0 Å².